The van der Waals surface area contributed by atoms with Gasteiger partial charge in [0.05, 0.1) is 17.2 Å². The van der Waals surface area contributed by atoms with Gasteiger partial charge in [-0.05, 0) is 104 Å². The van der Waals surface area contributed by atoms with Crippen LogP contribution in [-0.2, 0) is 0 Å². The first-order valence-electron chi connectivity index (χ1n) is 12.6. The van der Waals surface area contributed by atoms with Gasteiger partial charge in [0.2, 0.25) is 0 Å². The van der Waals surface area contributed by atoms with Crippen molar-refractivity contribution in [2.75, 3.05) is 0 Å². The third-order valence-electron chi connectivity index (χ3n) is 6.12. The van der Waals surface area contributed by atoms with Crippen molar-refractivity contribution in [3.8, 4) is 29.0 Å². The number of fused-ring (bicyclic) bond motifs is 2. The van der Waals surface area contributed by atoms with Gasteiger partial charge >= 0.3 is 7.69 Å². The summed E-state index contributed by atoms with van der Waals surface area (Å²) in [5, 5.41) is 30.9. The van der Waals surface area contributed by atoms with Crippen molar-refractivity contribution in [2.24, 2.45) is 0 Å². The van der Waals surface area contributed by atoms with Crippen LogP contribution >= 0.6 is 54.5 Å². The third kappa shape index (κ3) is 8.44. The Labute approximate surface area is 275 Å². The second-order valence-electron chi connectivity index (χ2n) is 8.83. The van der Waals surface area contributed by atoms with E-state index in [2.05, 4.69) is 96.9 Å². The molecule has 0 saturated heterocycles. The van der Waals surface area contributed by atoms with Crippen molar-refractivity contribution < 1.29 is 9.68 Å². The molecule has 0 heterocycles. The topological polar surface area (TPSA) is 77.0 Å². The number of benzene rings is 6. The first kappa shape index (κ1) is 31.3. The smallest absolute Gasteiger partial charge is 0.537 e. The maximum atomic E-state index is 9.25. The van der Waals surface area contributed by atoms with E-state index in [0.717, 1.165) is 40.0 Å². The van der Waals surface area contributed by atoms with E-state index in [1.807, 2.05) is 91.0 Å². The molecular weight excluding hydrogens is 766 g/mol. The van der Waals surface area contributed by atoms with Crippen molar-refractivity contribution in [2.45, 2.75) is 0 Å². The molecule has 0 spiro atoms. The molecule has 203 valence electrons. The van der Waals surface area contributed by atoms with Gasteiger partial charge in [-0.15, -0.1) is 0 Å². The Hall–Kier alpha value is -3.67. The molecule has 0 aliphatic rings. The highest BCUT2D eigenvalue weighted by Gasteiger charge is 2.06. The predicted molar refractivity (Wildman–Crippen MR) is 186 cm³/mol. The molecular formula is C34H21BBr2IN2O2. The minimum Gasteiger partial charge on any atom is -0.537 e. The Morgan fingerprint density at radius 2 is 1.17 bits per heavy atom. The molecule has 0 atom stereocenters. The number of nitrogens with zero attached hydrogens (tertiary/aromatic N) is 2. The van der Waals surface area contributed by atoms with Gasteiger partial charge in [-0.3, -0.25) is 0 Å². The zero-order valence-electron chi connectivity index (χ0n) is 22.0. The highest BCUT2D eigenvalue weighted by Crippen LogP contribution is 2.29. The van der Waals surface area contributed by atoms with Crippen molar-refractivity contribution in [3.05, 3.63) is 145 Å². The lowest BCUT2D eigenvalue weighted by molar-refractivity contribution is 0.454. The molecule has 1 radical (unpaired) electrons. The van der Waals surface area contributed by atoms with Crippen molar-refractivity contribution >= 4 is 83.7 Å². The predicted octanol–water partition coefficient (Wildman–Crippen LogP) is 9.81. The molecule has 6 aromatic carbocycles. The van der Waals surface area contributed by atoms with Gasteiger partial charge < -0.3 is 9.68 Å². The molecule has 0 saturated carbocycles. The van der Waals surface area contributed by atoms with E-state index in [1.54, 1.807) is 0 Å². The van der Waals surface area contributed by atoms with Crippen LogP contribution in [0.15, 0.2) is 130 Å². The fourth-order valence-corrected chi connectivity index (χ4v) is 5.28. The van der Waals surface area contributed by atoms with Crippen molar-refractivity contribution in [1.82, 2.24) is 0 Å². The van der Waals surface area contributed by atoms with Crippen LogP contribution in [0.25, 0.3) is 32.7 Å². The standard InChI is InChI=1S/C17H10BrN.C10H8BO2.C7H3BrIN/c18-16-7-8-17(15(10-16)11-19)14-6-5-12-3-1-2-4-13(12)9-14;12-11-13-10-6-5-8-3-1-2-4-9(8)7-10;8-6-1-2-7(9)5(3-6)4-10/h1-10H;1-7,12H;1-3H. The van der Waals surface area contributed by atoms with E-state index in [-0.39, 0.29) is 0 Å². The molecule has 6 rings (SSSR count). The molecule has 8 heteroatoms. The highest BCUT2D eigenvalue weighted by molar-refractivity contribution is 14.1. The summed E-state index contributed by atoms with van der Waals surface area (Å²) in [4.78, 5) is 0. The molecule has 0 aromatic heterocycles. The number of halogens is 3. The number of rotatable bonds is 3. The van der Waals surface area contributed by atoms with Gasteiger partial charge in [0.25, 0.3) is 0 Å². The van der Waals surface area contributed by atoms with E-state index in [1.165, 1.54) is 10.8 Å². The molecule has 0 fully saturated rings. The normalized spacial score (nSPS) is 9.86. The molecule has 0 bridgehead atoms. The van der Waals surface area contributed by atoms with E-state index < -0.39 is 0 Å². The van der Waals surface area contributed by atoms with Gasteiger partial charge in [0.15, 0.2) is 0 Å². The first-order valence-corrected chi connectivity index (χ1v) is 15.2. The Kier molecular flexibility index (Phi) is 11.6. The number of nitriles is 2. The lowest BCUT2D eigenvalue weighted by Gasteiger charge is -2.06. The van der Waals surface area contributed by atoms with Gasteiger partial charge in [-0.1, -0.05) is 105 Å². The summed E-state index contributed by atoms with van der Waals surface area (Å²) in [5.74, 6) is 0.640. The van der Waals surface area contributed by atoms with Crippen molar-refractivity contribution in [1.29, 1.82) is 10.5 Å². The monoisotopic (exact) mass is 785 g/mol. The average molecular weight is 787 g/mol. The van der Waals surface area contributed by atoms with E-state index in [9.17, 15) is 5.26 Å². The minimum absolute atomic E-state index is 0.640. The third-order valence-corrected chi connectivity index (χ3v) is 8.05. The molecule has 0 amide bonds. The lowest BCUT2D eigenvalue weighted by Crippen LogP contribution is -1.99. The van der Waals surface area contributed by atoms with Gasteiger partial charge in [-0.2, -0.15) is 10.5 Å². The fourth-order valence-electron chi connectivity index (χ4n) is 4.10. The Morgan fingerprint density at radius 3 is 1.76 bits per heavy atom. The van der Waals surface area contributed by atoms with E-state index in [0.29, 0.717) is 19.0 Å². The van der Waals surface area contributed by atoms with Crippen molar-refractivity contribution in [3.63, 3.8) is 0 Å². The molecule has 6 aromatic rings. The van der Waals surface area contributed by atoms with E-state index in [4.69, 9.17) is 14.9 Å². The molecule has 1 N–H and O–H groups in total. The summed E-state index contributed by atoms with van der Waals surface area (Å²) < 4.78 is 7.71. The van der Waals surface area contributed by atoms with Crippen LogP contribution in [-0.4, -0.2) is 12.7 Å². The fraction of sp³-hybridized carbons (Fsp3) is 0. The van der Waals surface area contributed by atoms with Crippen LogP contribution in [0, 0.1) is 26.2 Å². The maximum absolute atomic E-state index is 9.25. The van der Waals surface area contributed by atoms with Crippen LogP contribution in [0.2, 0.25) is 0 Å². The van der Waals surface area contributed by atoms with Gasteiger partial charge in [-0.25, -0.2) is 0 Å². The minimum atomic E-state index is 0.640. The van der Waals surface area contributed by atoms with Crippen LogP contribution < -0.4 is 4.65 Å². The Bertz CT molecular complexity index is 1940. The SMILES string of the molecule is N#Cc1cc(Br)ccc1-c1ccc2ccccc2c1.N#Cc1cc(Br)ccc1I.O[B]Oc1ccc2ccccc2c1. The molecule has 4 nitrogen and oxygen atoms in total. The largest absolute Gasteiger partial charge is 0.569 e. The summed E-state index contributed by atoms with van der Waals surface area (Å²) >= 11 is 8.81. The summed E-state index contributed by atoms with van der Waals surface area (Å²) in [7, 11) is 0.685. The molecule has 0 aliphatic heterocycles. The number of hydrogen-bond donors (Lipinski definition) is 1. The van der Waals surface area contributed by atoms with Crippen LogP contribution in [0.1, 0.15) is 11.1 Å². The second kappa shape index (κ2) is 15.5. The summed E-state index contributed by atoms with van der Waals surface area (Å²) in [6, 6.07) is 43.9. The average Bonchev–Trinajstić information content (AvgIpc) is 3.02. The Balaban J connectivity index is 0.000000154. The van der Waals surface area contributed by atoms with Crippen LogP contribution in [0.3, 0.4) is 0 Å². The molecule has 0 aliphatic carbocycles. The van der Waals surface area contributed by atoms with E-state index >= 15 is 0 Å². The van der Waals surface area contributed by atoms with Crippen LogP contribution in [0.5, 0.6) is 5.75 Å². The van der Waals surface area contributed by atoms with Gasteiger partial charge in [0.1, 0.15) is 11.8 Å². The maximum Gasteiger partial charge on any atom is 0.569 e. The zero-order chi connectivity index (χ0) is 29.9. The molecule has 42 heavy (non-hydrogen) atoms. The summed E-state index contributed by atoms with van der Waals surface area (Å²) in [6.45, 7) is 0. The second-order valence-corrected chi connectivity index (χ2v) is 11.8. The summed E-state index contributed by atoms with van der Waals surface area (Å²) in [5.41, 5.74) is 3.44. The molecule has 0 unspecified atom stereocenters. The Morgan fingerprint density at radius 1 is 0.619 bits per heavy atom. The summed E-state index contributed by atoms with van der Waals surface area (Å²) in [6.07, 6.45) is 0. The lowest BCUT2D eigenvalue weighted by atomic mass is 9.98. The highest BCUT2D eigenvalue weighted by atomic mass is 127. The van der Waals surface area contributed by atoms with Gasteiger partial charge in [0, 0.05) is 12.5 Å². The number of hydrogen-bond acceptors (Lipinski definition) is 4. The van der Waals surface area contributed by atoms with Crippen LogP contribution in [0.4, 0.5) is 0 Å². The first-order chi connectivity index (χ1) is 20.4. The zero-order valence-corrected chi connectivity index (χ0v) is 27.3. The quantitative estimate of drug-likeness (QED) is 0.143.